The van der Waals surface area contributed by atoms with Crippen molar-refractivity contribution >= 4 is 34.5 Å². The molecule has 9 heteroatoms. The number of benzene rings is 1. The van der Waals surface area contributed by atoms with E-state index in [1.165, 1.54) is 11.8 Å². The Balaban J connectivity index is 1.32. The SMILES string of the molecule is O=C(NCc1ccnc(N2CCOCC2)c1)c1oc2ccccc2c1CSc1ncccn1. The monoisotopic (exact) mass is 461 g/mol. The van der Waals surface area contributed by atoms with Gasteiger partial charge >= 0.3 is 0 Å². The van der Waals surface area contributed by atoms with Crippen LogP contribution in [-0.2, 0) is 17.0 Å². The number of morpholine rings is 1. The van der Waals surface area contributed by atoms with Gasteiger partial charge < -0.3 is 19.4 Å². The summed E-state index contributed by atoms with van der Waals surface area (Å²) in [6.45, 7) is 3.40. The molecule has 33 heavy (non-hydrogen) atoms. The fourth-order valence-electron chi connectivity index (χ4n) is 3.72. The van der Waals surface area contributed by atoms with Crippen LogP contribution in [0.1, 0.15) is 21.7 Å². The molecule has 1 saturated heterocycles. The highest BCUT2D eigenvalue weighted by Gasteiger charge is 2.21. The Morgan fingerprint density at radius 3 is 2.70 bits per heavy atom. The zero-order valence-electron chi connectivity index (χ0n) is 17.9. The summed E-state index contributed by atoms with van der Waals surface area (Å²) in [5, 5.41) is 4.58. The summed E-state index contributed by atoms with van der Waals surface area (Å²) < 4.78 is 11.4. The van der Waals surface area contributed by atoms with Crippen molar-refractivity contribution in [2.24, 2.45) is 0 Å². The van der Waals surface area contributed by atoms with E-state index in [1.807, 2.05) is 36.4 Å². The average Bonchev–Trinajstić information content (AvgIpc) is 3.26. The maximum atomic E-state index is 13.1. The lowest BCUT2D eigenvalue weighted by atomic mass is 10.1. The van der Waals surface area contributed by atoms with Crippen LogP contribution in [-0.4, -0.2) is 47.2 Å². The second kappa shape index (κ2) is 10.0. The van der Waals surface area contributed by atoms with Gasteiger partial charge in [-0.1, -0.05) is 30.0 Å². The second-order valence-electron chi connectivity index (χ2n) is 7.53. The first-order valence-electron chi connectivity index (χ1n) is 10.7. The summed E-state index contributed by atoms with van der Waals surface area (Å²) in [4.78, 5) is 28.3. The molecule has 0 saturated carbocycles. The summed E-state index contributed by atoms with van der Waals surface area (Å²) in [7, 11) is 0. The van der Waals surface area contributed by atoms with Gasteiger partial charge in [0.1, 0.15) is 11.4 Å². The van der Waals surface area contributed by atoms with Gasteiger partial charge in [-0.05, 0) is 29.8 Å². The molecule has 5 rings (SSSR count). The molecule has 1 N–H and O–H groups in total. The van der Waals surface area contributed by atoms with Gasteiger partial charge in [-0.2, -0.15) is 0 Å². The van der Waals surface area contributed by atoms with Crippen molar-refractivity contribution in [1.29, 1.82) is 0 Å². The van der Waals surface area contributed by atoms with Crippen molar-refractivity contribution in [2.75, 3.05) is 31.2 Å². The van der Waals surface area contributed by atoms with E-state index in [0.717, 1.165) is 35.4 Å². The fraction of sp³-hybridized carbons (Fsp3) is 0.250. The number of para-hydroxylation sites is 1. The lowest BCUT2D eigenvalue weighted by molar-refractivity contribution is 0.0924. The van der Waals surface area contributed by atoms with E-state index in [2.05, 4.69) is 25.2 Å². The number of anilines is 1. The maximum Gasteiger partial charge on any atom is 0.287 e. The molecular formula is C24H23N5O3S. The minimum absolute atomic E-state index is 0.250. The fourth-order valence-corrected chi connectivity index (χ4v) is 4.55. The molecule has 1 fully saturated rings. The second-order valence-corrected chi connectivity index (χ2v) is 8.47. The molecular weight excluding hydrogens is 438 g/mol. The number of thioether (sulfide) groups is 1. The van der Waals surface area contributed by atoms with Gasteiger partial charge in [-0.25, -0.2) is 15.0 Å². The number of rotatable bonds is 7. The van der Waals surface area contributed by atoms with Crippen LogP contribution in [0, 0.1) is 0 Å². The quantitative estimate of drug-likeness (QED) is 0.329. The van der Waals surface area contributed by atoms with Crippen LogP contribution in [0.2, 0.25) is 0 Å². The van der Waals surface area contributed by atoms with Gasteiger partial charge in [0.2, 0.25) is 0 Å². The van der Waals surface area contributed by atoms with Gasteiger partial charge in [0.15, 0.2) is 10.9 Å². The number of hydrogen-bond acceptors (Lipinski definition) is 8. The van der Waals surface area contributed by atoms with E-state index >= 15 is 0 Å². The molecule has 4 heterocycles. The third-order valence-corrected chi connectivity index (χ3v) is 6.29. The highest BCUT2D eigenvalue weighted by molar-refractivity contribution is 7.98. The highest BCUT2D eigenvalue weighted by Crippen LogP contribution is 2.31. The minimum atomic E-state index is -0.250. The first-order chi connectivity index (χ1) is 16.3. The summed E-state index contributed by atoms with van der Waals surface area (Å²) in [6.07, 6.45) is 5.18. The molecule has 168 valence electrons. The topological polar surface area (TPSA) is 93.4 Å². The Kier molecular flexibility index (Phi) is 6.50. The Labute approximate surface area is 195 Å². The van der Waals surface area contributed by atoms with Gasteiger partial charge in [0, 0.05) is 54.9 Å². The first-order valence-corrected chi connectivity index (χ1v) is 11.7. The lowest BCUT2D eigenvalue weighted by Crippen LogP contribution is -2.36. The van der Waals surface area contributed by atoms with Crippen molar-refractivity contribution in [3.8, 4) is 0 Å². The number of hydrogen-bond donors (Lipinski definition) is 1. The maximum absolute atomic E-state index is 13.1. The van der Waals surface area contributed by atoms with Crippen molar-refractivity contribution in [3.63, 3.8) is 0 Å². The van der Waals surface area contributed by atoms with Gasteiger partial charge in [0.25, 0.3) is 5.91 Å². The van der Waals surface area contributed by atoms with Gasteiger partial charge in [0.05, 0.1) is 13.2 Å². The lowest BCUT2D eigenvalue weighted by Gasteiger charge is -2.28. The summed E-state index contributed by atoms with van der Waals surface area (Å²) in [5.74, 6) is 1.50. The standard InChI is InChI=1S/C24H23N5O3S/c30-23(28-15-17-6-9-25-21(14-17)29-10-12-31-13-11-29)22-19(16-33-24-26-7-3-8-27-24)18-4-1-2-5-20(18)32-22/h1-9,14H,10-13,15-16H2,(H,28,30). The molecule has 0 radical (unpaired) electrons. The van der Waals surface area contributed by atoms with Crippen LogP contribution >= 0.6 is 11.8 Å². The van der Waals surface area contributed by atoms with E-state index in [0.29, 0.717) is 42.0 Å². The number of nitrogens with zero attached hydrogens (tertiary/aromatic N) is 4. The summed E-state index contributed by atoms with van der Waals surface area (Å²) >= 11 is 1.47. The normalized spacial score (nSPS) is 13.9. The molecule has 0 unspecified atom stereocenters. The Bertz CT molecular complexity index is 1240. The third kappa shape index (κ3) is 4.99. The number of carbonyl (C=O) groups is 1. The van der Waals surface area contributed by atoms with Crippen molar-refractivity contribution in [2.45, 2.75) is 17.5 Å². The Morgan fingerprint density at radius 1 is 1.03 bits per heavy atom. The van der Waals surface area contributed by atoms with Gasteiger partial charge in [-0.3, -0.25) is 4.79 Å². The average molecular weight is 462 g/mol. The van der Waals surface area contributed by atoms with Crippen LogP contribution in [0.4, 0.5) is 5.82 Å². The molecule has 0 spiro atoms. The van der Waals surface area contributed by atoms with Crippen LogP contribution < -0.4 is 10.2 Å². The number of pyridine rings is 1. The Hall–Kier alpha value is -3.43. The van der Waals surface area contributed by atoms with E-state index in [-0.39, 0.29) is 5.91 Å². The van der Waals surface area contributed by atoms with Crippen LogP contribution in [0.15, 0.2) is 70.6 Å². The third-order valence-electron chi connectivity index (χ3n) is 5.39. The zero-order valence-corrected chi connectivity index (χ0v) is 18.8. The molecule has 0 aliphatic carbocycles. The summed E-state index contributed by atoms with van der Waals surface area (Å²) in [5.41, 5.74) is 2.50. The number of aromatic nitrogens is 3. The molecule has 8 nitrogen and oxygen atoms in total. The predicted octanol–water partition coefficient (Wildman–Crippen LogP) is 3.68. The number of nitrogens with one attached hydrogen (secondary N) is 1. The first kappa shape index (κ1) is 21.4. The number of ether oxygens (including phenoxy) is 1. The molecule has 4 aromatic rings. The molecule has 1 aliphatic heterocycles. The summed E-state index contributed by atoms with van der Waals surface area (Å²) in [6, 6.07) is 13.4. The molecule has 3 aromatic heterocycles. The number of furan rings is 1. The minimum Gasteiger partial charge on any atom is -0.451 e. The molecule has 1 aromatic carbocycles. The van der Waals surface area contributed by atoms with Crippen molar-refractivity contribution in [1.82, 2.24) is 20.3 Å². The smallest absolute Gasteiger partial charge is 0.287 e. The van der Waals surface area contributed by atoms with Crippen LogP contribution in [0.25, 0.3) is 11.0 Å². The van der Waals surface area contributed by atoms with Crippen LogP contribution in [0.5, 0.6) is 0 Å². The zero-order chi connectivity index (χ0) is 22.5. The van der Waals surface area contributed by atoms with E-state index in [9.17, 15) is 4.79 Å². The van der Waals surface area contributed by atoms with E-state index < -0.39 is 0 Å². The molecule has 1 aliphatic rings. The largest absolute Gasteiger partial charge is 0.451 e. The van der Waals surface area contributed by atoms with Crippen molar-refractivity contribution in [3.05, 3.63) is 77.9 Å². The van der Waals surface area contributed by atoms with Crippen LogP contribution in [0.3, 0.4) is 0 Å². The Morgan fingerprint density at radius 2 is 1.85 bits per heavy atom. The highest BCUT2D eigenvalue weighted by atomic mass is 32.2. The number of amides is 1. The van der Waals surface area contributed by atoms with Gasteiger partial charge in [-0.15, -0.1) is 0 Å². The number of fused-ring (bicyclic) bond motifs is 1. The van der Waals surface area contributed by atoms with E-state index in [1.54, 1.807) is 24.7 Å². The molecule has 0 bridgehead atoms. The molecule has 0 atom stereocenters. The predicted molar refractivity (Wildman–Crippen MR) is 126 cm³/mol. The molecule has 1 amide bonds. The van der Waals surface area contributed by atoms with E-state index in [4.69, 9.17) is 9.15 Å². The number of carbonyl (C=O) groups excluding carboxylic acids is 1. The van der Waals surface area contributed by atoms with Crippen molar-refractivity contribution < 1.29 is 13.9 Å².